The molecule has 1 heterocycles. The average molecular weight is 314 g/mol. The summed E-state index contributed by atoms with van der Waals surface area (Å²) in [5.74, 6) is -0.636. The highest BCUT2D eigenvalue weighted by atomic mass is 79.9. The zero-order valence-electron chi connectivity index (χ0n) is 8.26. The number of benzene rings is 1. The largest absolute Gasteiger partial charge is 0.381 e. The van der Waals surface area contributed by atoms with E-state index in [0.717, 1.165) is 17.6 Å². The van der Waals surface area contributed by atoms with Crippen molar-refractivity contribution < 1.29 is 9.50 Å². The quantitative estimate of drug-likeness (QED) is 0.924. The van der Waals surface area contributed by atoms with Gasteiger partial charge in [0.1, 0.15) is 16.9 Å². The molecule has 2 rings (SSSR count). The fourth-order valence-electron chi connectivity index (χ4n) is 1.28. The molecule has 4 nitrogen and oxygen atoms in total. The molecule has 0 aliphatic rings. The van der Waals surface area contributed by atoms with E-state index in [-0.39, 0.29) is 11.1 Å². The molecule has 0 radical (unpaired) electrons. The van der Waals surface area contributed by atoms with Crippen LogP contribution in [0.2, 0.25) is 0 Å². The van der Waals surface area contributed by atoms with Gasteiger partial charge in [0.15, 0.2) is 0 Å². The van der Waals surface area contributed by atoms with Gasteiger partial charge in [-0.3, -0.25) is 0 Å². The number of aromatic nitrogens is 2. The van der Waals surface area contributed by atoms with E-state index in [1.165, 1.54) is 12.1 Å². The number of aliphatic hydroxyl groups excluding tert-OH is 1. The van der Waals surface area contributed by atoms with Crippen LogP contribution in [0.5, 0.6) is 0 Å². The summed E-state index contributed by atoms with van der Waals surface area (Å²) >= 11 is 4.04. The lowest BCUT2D eigenvalue weighted by atomic mass is 10.1. The Morgan fingerprint density at radius 3 is 2.82 bits per heavy atom. The average Bonchev–Trinajstić information content (AvgIpc) is 2.75. The Morgan fingerprint density at radius 2 is 2.29 bits per heavy atom. The van der Waals surface area contributed by atoms with Crippen molar-refractivity contribution in [2.75, 3.05) is 0 Å². The number of rotatable bonds is 2. The number of halogens is 2. The molecule has 0 amide bonds. The van der Waals surface area contributed by atoms with Crippen LogP contribution in [0.1, 0.15) is 22.2 Å². The van der Waals surface area contributed by atoms with E-state index >= 15 is 0 Å². The highest BCUT2D eigenvalue weighted by molar-refractivity contribution is 9.10. The van der Waals surface area contributed by atoms with Gasteiger partial charge in [-0.25, -0.2) is 9.37 Å². The minimum Gasteiger partial charge on any atom is -0.381 e. The summed E-state index contributed by atoms with van der Waals surface area (Å²) in [5, 5.41) is 18.8. The van der Waals surface area contributed by atoms with Crippen molar-refractivity contribution in [3.8, 4) is 6.07 Å². The third-order valence-electron chi connectivity index (χ3n) is 2.08. The van der Waals surface area contributed by atoms with Crippen LogP contribution in [0, 0.1) is 17.1 Å². The predicted octanol–water partition coefficient (Wildman–Crippen LogP) is 2.39. The monoisotopic (exact) mass is 313 g/mol. The van der Waals surface area contributed by atoms with Crippen LogP contribution in [-0.4, -0.2) is 14.5 Å². The first-order chi connectivity index (χ1) is 8.11. The summed E-state index contributed by atoms with van der Waals surface area (Å²) in [6.07, 6.45) is -1.17. The Balaban J connectivity index is 2.38. The van der Waals surface area contributed by atoms with Crippen LogP contribution in [0.3, 0.4) is 0 Å². The van der Waals surface area contributed by atoms with E-state index in [1.54, 1.807) is 0 Å². The van der Waals surface area contributed by atoms with E-state index in [4.69, 9.17) is 5.26 Å². The second-order valence-corrected chi connectivity index (χ2v) is 4.64. The molecule has 0 aliphatic carbocycles. The van der Waals surface area contributed by atoms with E-state index in [9.17, 15) is 9.50 Å². The number of nitriles is 1. The number of hydrogen-bond acceptors (Lipinski definition) is 5. The van der Waals surface area contributed by atoms with Crippen LogP contribution in [0.4, 0.5) is 4.39 Å². The summed E-state index contributed by atoms with van der Waals surface area (Å²) < 4.78 is 17.8. The lowest BCUT2D eigenvalue weighted by molar-refractivity contribution is 0.214. The lowest BCUT2D eigenvalue weighted by Gasteiger charge is -2.08. The second kappa shape index (κ2) is 4.87. The third kappa shape index (κ3) is 2.49. The molecule has 1 aromatic carbocycles. The molecular weight excluding hydrogens is 309 g/mol. The molecule has 0 bridgehead atoms. The number of aliphatic hydroxyl groups is 1. The Labute approximate surface area is 109 Å². The van der Waals surface area contributed by atoms with Gasteiger partial charge in [-0.15, -0.1) is 0 Å². The number of hydrogen-bond donors (Lipinski definition) is 1. The summed E-state index contributed by atoms with van der Waals surface area (Å²) in [5.41, 5.74) is 0.282. The van der Waals surface area contributed by atoms with Crippen molar-refractivity contribution in [3.05, 3.63) is 44.9 Å². The Hall–Kier alpha value is -1.36. The Bertz CT molecular complexity index is 595. The Kier molecular flexibility index (Phi) is 3.47. The Morgan fingerprint density at radius 1 is 1.53 bits per heavy atom. The molecule has 86 valence electrons. The first kappa shape index (κ1) is 12.1. The van der Waals surface area contributed by atoms with Crippen molar-refractivity contribution in [2.45, 2.75) is 6.10 Å². The minimum atomic E-state index is -1.17. The van der Waals surface area contributed by atoms with Crippen molar-refractivity contribution in [3.63, 3.8) is 0 Å². The normalized spacial score (nSPS) is 12.1. The molecule has 0 spiro atoms. The zero-order chi connectivity index (χ0) is 12.4. The fourth-order valence-corrected chi connectivity index (χ4v) is 2.37. The molecule has 1 aromatic heterocycles. The van der Waals surface area contributed by atoms with Crippen molar-refractivity contribution in [1.82, 2.24) is 9.36 Å². The molecule has 0 aliphatic heterocycles. The maximum absolute atomic E-state index is 13.6. The van der Waals surface area contributed by atoms with Gasteiger partial charge in [-0.2, -0.15) is 9.64 Å². The van der Waals surface area contributed by atoms with Gasteiger partial charge < -0.3 is 5.11 Å². The molecule has 0 fully saturated rings. The molecule has 0 saturated carbocycles. The molecular formula is C10H5BrFN3OS. The molecule has 1 atom stereocenters. The third-order valence-corrected chi connectivity index (χ3v) is 3.43. The summed E-state index contributed by atoms with van der Waals surface area (Å²) in [4.78, 5) is 3.91. The van der Waals surface area contributed by atoms with E-state index in [2.05, 4.69) is 25.3 Å². The van der Waals surface area contributed by atoms with Crippen LogP contribution < -0.4 is 0 Å². The van der Waals surface area contributed by atoms with E-state index in [1.807, 2.05) is 6.07 Å². The fraction of sp³-hybridized carbons (Fsp3) is 0.100. The lowest BCUT2D eigenvalue weighted by Crippen LogP contribution is -2.02. The highest BCUT2D eigenvalue weighted by Gasteiger charge is 2.19. The van der Waals surface area contributed by atoms with Crippen LogP contribution in [-0.2, 0) is 0 Å². The summed E-state index contributed by atoms with van der Waals surface area (Å²) in [6, 6.07) is 5.71. The molecule has 1 unspecified atom stereocenters. The number of nitrogens with zero attached hydrogens (tertiary/aromatic N) is 3. The highest BCUT2D eigenvalue weighted by Crippen LogP contribution is 2.26. The molecule has 0 saturated heterocycles. The van der Waals surface area contributed by atoms with Crippen LogP contribution >= 0.6 is 27.5 Å². The molecule has 2 aromatic rings. The van der Waals surface area contributed by atoms with Crippen LogP contribution in [0.25, 0.3) is 0 Å². The van der Waals surface area contributed by atoms with Gasteiger partial charge in [0.2, 0.25) is 4.73 Å². The van der Waals surface area contributed by atoms with Crippen molar-refractivity contribution in [2.24, 2.45) is 0 Å². The van der Waals surface area contributed by atoms with Crippen molar-refractivity contribution in [1.29, 1.82) is 5.26 Å². The zero-order valence-corrected chi connectivity index (χ0v) is 10.7. The van der Waals surface area contributed by atoms with Gasteiger partial charge in [-0.1, -0.05) is 6.07 Å². The molecule has 17 heavy (non-hydrogen) atoms. The van der Waals surface area contributed by atoms with Crippen molar-refractivity contribution >= 4 is 27.5 Å². The summed E-state index contributed by atoms with van der Waals surface area (Å²) in [6.45, 7) is 0. The topological polar surface area (TPSA) is 69.8 Å². The standard InChI is InChI=1S/C10H5BrFN3OS/c11-10-14-9(17-15-10)8(16)6-2-1-5(4-13)3-7(6)12/h1-3,8,16H. The second-order valence-electron chi connectivity index (χ2n) is 3.15. The molecule has 7 heteroatoms. The molecule has 1 N–H and O–H groups in total. The smallest absolute Gasteiger partial charge is 0.209 e. The summed E-state index contributed by atoms with van der Waals surface area (Å²) in [7, 11) is 0. The van der Waals surface area contributed by atoms with Gasteiger partial charge in [0.25, 0.3) is 0 Å². The van der Waals surface area contributed by atoms with Gasteiger partial charge in [0, 0.05) is 5.56 Å². The first-order valence-electron chi connectivity index (χ1n) is 4.48. The maximum Gasteiger partial charge on any atom is 0.209 e. The predicted molar refractivity (Wildman–Crippen MR) is 62.8 cm³/mol. The minimum absolute atomic E-state index is 0.0765. The van der Waals surface area contributed by atoms with E-state index < -0.39 is 11.9 Å². The van der Waals surface area contributed by atoms with E-state index in [0.29, 0.717) is 9.74 Å². The van der Waals surface area contributed by atoms with Gasteiger partial charge >= 0.3 is 0 Å². The SMILES string of the molecule is N#Cc1ccc(C(O)c2nc(Br)ns2)c(F)c1. The maximum atomic E-state index is 13.6. The van der Waals surface area contributed by atoms with Crippen LogP contribution in [0.15, 0.2) is 22.9 Å². The van der Waals surface area contributed by atoms with Gasteiger partial charge in [0.05, 0.1) is 11.6 Å². The first-order valence-corrected chi connectivity index (χ1v) is 6.05. The van der Waals surface area contributed by atoms with Gasteiger partial charge in [-0.05, 0) is 39.6 Å².